The minimum atomic E-state index is -0.227. The Morgan fingerprint density at radius 1 is 1.16 bits per heavy atom. The summed E-state index contributed by atoms with van der Waals surface area (Å²) in [7, 11) is 0. The third-order valence-electron chi connectivity index (χ3n) is 6.97. The number of nitrogens with one attached hydrogen (secondary N) is 1. The predicted octanol–water partition coefficient (Wildman–Crippen LogP) is 3.59. The van der Waals surface area contributed by atoms with E-state index < -0.39 is 0 Å². The first-order valence-corrected chi connectivity index (χ1v) is 11.1. The smallest absolute Gasteiger partial charge is 0.254 e. The molecule has 1 fully saturated rings. The van der Waals surface area contributed by atoms with Gasteiger partial charge in [0.15, 0.2) is 11.5 Å². The number of nitrogens with zero attached hydrogens (tertiary/aromatic N) is 1. The summed E-state index contributed by atoms with van der Waals surface area (Å²) < 4.78 is 16.6. The molecule has 1 saturated carbocycles. The highest BCUT2D eigenvalue weighted by atomic mass is 16.6. The zero-order chi connectivity index (χ0) is 21.4. The van der Waals surface area contributed by atoms with E-state index in [1.54, 1.807) is 6.07 Å². The molecule has 0 bridgehead atoms. The van der Waals surface area contributed by atoms with E-state index in [2.05, 4.69) is 24.4 Å². The SMILES string of the molecule is CC1c2cc3c(cc2C2(CCCC2)CN1C(=O)CCNC(=O)c1ccoc1)OCCO3. The van der Waals surface area contributed by atoms with Crippen LogP contribution in [-0.2, 0) is 10.2 Å². The van der Waals surface area contributed by atoms with Gasteiger partial charge in [-0.2, -0.15) is 0 Å². The molecule has 1 N–H and O–H groups in total. The molecule has 7 nitrogen and oxygen atoms in total. The van der Waals surface area contributed by atoms with Gasteiger partial charge in [-0.15, -0.1) is 0 Å². The first kappa shape index (κ1) is 20.0. The Balaban J connectivity index is 1.35. The normalized spacial score (nSPS) is 21.1. The van der Waals surface area contributed by atoms with Crippen molar-refractivity contribution in [2.24, 2.45) is 0 Å². The molecule has 1 aromatic carbocycles. The number of rotatable bonds is 4. The van der Waals surface area contributed by atoms with Crippen molar-refractivity contribution in [3.05, 3.63) is 47.4 Å². The highest BCUT2D eigenvalue weighted by Crippen LogP contribution is 2.51. The van der Waals surface area contributed by atoms with Crippen LogP contribution in [0.25, 0.3) is 0 Å². The molecule has 5 rings (SSSR count). The van der Waals surface area contributed by atoms with E-state index in [0.717, 1.165) is 36.4 Å². The van der Waals surface area contributed by atoms with Crippen LogP contribution in [-0.4, -0.2) is 43.0 Å². The van der Waals surface area contributed by atoms with Crippen molar-refractivity contribution in [3.8, 4) is 11.5 Å². The molecular weight excluding hydrogens is 396 g/mol. The zero-order valence-corrected chi connectivity index (χ0v) is 17.8. The number of amides is 2. The Bertz CT molecular complexity index is 978. The van der Waals surface area contributed by atoms with Gasteiger partial charge in [-0.05, 0) is 49.1 Å². The standard InChI is InChI=1S/C24H28N2O5/c1-16-18-12-20-21(31-11-10-30-20)13-19(18)24(6-2-3-7-24)15-26(16)22(27)4-8-25-23(28)17-5-9-29-14-17/h5,9,12-14,16H,2-4,6-8,10-11,15H2,1H3,(H,25,28). The van der Waals surface area contributed by atoms with Gasteiger partial charge in [0.2, 0.25) is 5.91 Å². The maximum absolute atomic E-state index is 13.2. The van der Waals surface area contributed by atoms with Crippen molar-refractivity contribution in [2.45, 2.75) is 50.5 Å². The van der Waals surface area contributed by atoms with Crippen molar-refractivity contribution in [3.63, 3.8) is 0 Å². The lowest BCUT2D eigenvalue weighted by Crippen LogP contribution is -2.49. The fourth-order valence-corrected chi connectivity index (χ4v) is 5.33. The molecule has 3 aliphatic rings. The Labute approximate surface area is 181 Å². The molecule has 2 aliphatic heterocycles. The van der Waals surface area contributed by atoms with Crippen LogP contribution in [0.2, 0.25) is 0 Å². The molecule has 0 saturated heterocycles. The number of benzene rings is 1. The number of carbonyl (C=O) groups is 2. The predicted molar refractivity (Wildman–Crippen MR) is 113 cm³/mol. The second kappa shape index (κ2) is 7.94. The van der Waals surface area contributed by atoms with Crippen LogP contribution < -0.4 is 14.8 Å². The molecule has 1 aliphatic carbocycles. The maximum Gasteiger partial charge on any atom is 0.254 e. The Hall–Kier alpha value is -2.96. The maximum atomic E-state index is 13.2. The molecule has 1 atom stereocenters. The summed E-state index contributed by atoms with van der Waals surface area (Å²) in [6, 6.07) is 5.80. The van der Waals surface area contributed by atoms with Crippen LogP contribution in [0.5, 0.6) is 11.5 Å². The molecule has 164 valence electrons. The highest BCUT2D eigenvalue weighted by Gasteiger charge is 2.46. The summed E-state index contributed by atoms with van der Waals surface area (Å²) in [5.74, 6) is 1.43. The fraction of sp³-hybridized carbons (Fsp3) is 0.500. The first-order valence-electron chi connectivity index (χ1n) is 11.1. The van der Waals surface area contributed by atoms with Crippen molar-refractivity contribution < 1.29 is 23.5 Å². The Morgan fingerprint density at radius 2 is 1.90 bits per heavy atom. The van der Waals surface area contributed by atoms with E-state index in [1.165, 1.54) is 30.9 Å². The lowest BCUT2D eigenvalue weighted by atomic mass is 9.71. The van der Waals surface area contributed by atoms with Crippen LogP contribution in [0.15, 0.2) is 35.1 Å². The van der Waals surface area contributed by atoms with Gasteiger partial charge >= 0.3 is 0 Å². The molecule has 2 aromatic rings. The number of hydrogen-bond acceptors (Lipinski definition) is 5. The second-order valence-corrected chi connectivity index (χ2v) is 8.79. The number of hydrogen-bond donors (Lipinski definition) is 1. The summed E-state index contributed by atoms with van der Waals surface area (Å²) in [6.45, 7) is 4.22. The van der Waals surface area contributed by atoms with E-state index in [0.29, 0.717) is 25.3 Å². The minimum absolute atomic E-state index is 0.0205. The molecule has 2 amide bonds. The largest absolute Gasteiger partial charge is 0.486 e. The zero-order valence-electron chi connectivity index (χ0n) is 17.8. The molecule has 31 heavy (non-hydrogen) atoms. The third-order valence-corrected chi connectivity index (χ3v) is 6.97. The summed E-state index contributed by atoms with van der Waals surface area (Å²) in [5, 5.41) is 2.81. The van der Waals surface area contributed by atoms with Crippen molar-refractivity contribution >= 4 is 11.8 Å². The van der Waals surface area contributed by atoms with E-state index >= 15 is 0 Å². The lowest BCUT2D eigenvalue weighted by molar-refractivity contribution is -0.135. The van der Waals surface area contributed by atoms with Gasteiger partial charge in [0.05, 0.1) is 17.9 Å². The van der Waals surface area contributed by atoms with E-state index in [-0.39, 0.29) is 29.7 Å². The number of carbonyl (C=O) groups excluding carboxylic acids is 2. The molecule has 1 unspecified atom stereocenters. The van der Waals surface area contributed by atoms with Crippen LogP contribution in [0, 0.1) is 0 Å². The summed E-state index contributed by atoms with van der Waals surface area (Å²) >= 11 is 0. The molecule has 1 aromatic heterocycles. The third kappa shape index (κ3) is 3.56. The van der Waals surface area contributed by atoms with Crippen LogP contribution in [0.1, 0.15) is 66.6 Å². The van der Waals surface area contributed by atoms with Gasteiger partial charge in [0.1, 0.15) is 19.5 Å². The summed E-state index contributed by atoms with van der Waals surface area (Å²) in [4.78, 5) is 27.3. The summed E-state index contributed by atoms with van der Waals surface area (Å²) in [6.07, 6.45) is 7.62. The van der Waals surface area contributed by atoms with Crippen molar-refractivity contribution in [1.29, 1.82) is 0 Å². The topological polar surface area (TPSA) is 81.0 Å². The minimum Gasteiger partial charge on any atom is -0.486 e. The first-order chi connectivity index (χ1) is 15.1. The monoisotopic (exact) mass is 424 g/mol. The van der Waals surface area contributed by atoms with Gasteiger partial charge in [0.25, 0.3) is 5.91 Å². The molecule has 0 radical (unpaired) electrons. The van der Waals surface area contributed by atoms with Gasteiger partial charge in [-0.1, -0.05) is 12.8 Å². The van der Waals surface area contributed by atoms with Crippen LogP contribution in [0.3, 0.4) is 0 Å². The lowest BCUT2D eigenvalue weighted by Gasteiger charge is -2.46. The van der Waals surface area contributed by atoms with Crippen molar-refractivity contribution in [2.75, 3.05) is 26.3 Å². The van der Waals surface area contributed by atoms with Crippen LogP contribution >= 0.6 is 0 Å². The van der Waals surface area contributed by atoms with Gasteiger partial charge in [-0.3, -0.25) is 9.59 Å². The van der Waals surface area contributed by atoms with Gasteiger partial charge < -0.3 is 24.1 Å². The number of furan rings is 1. The van der Waals surface area contributed by atoms with E-state index in [4.69, 9.17) is 13.9 Å². The van der Waals surface area contributed by atoms with Gasteiger partial charge in [0, 0.05) is 24.9 Å². The quantitative estimate of drug-likeness (QED) is 0.811. The molecule has 7 heteroatoms. The Kier molecular flexibility index (Phi) is 5.12. The second-order valence-electron chi connectivity index (χ2n) is 8.79. The number of ether oxygens (including phenoxy) is 2. The average Bonchev–Trinajstić information content (AvgIpc) is 3.48. The number of fused-ring (bicyclic) bond motifs is 3. The fourth-order valence-electron chi connectivity index (χ4n) is 5.33. The van der Waals surface area contributed by atoms with E-state index in [9.17, 15) is 9.59 Å². The van der Waals surface area contributed by atoms with Gasteiger partial charge in [-0.25, -0.2) is 0 Å². The van der Waals surface area contributed by atoms with Crippen molar-refractivity contribution in [1.82, 2.24) is 10.2 Å². The Morgan fingerprint density at radius 3 is 2.61 bits per heavy atom. The molecule has 3 heterocycles. The molecular formula is C24H28N2O5. The van der Waals surface area contributed by atoms with Crippen LogP contribution in [0.4, 0.5) is 0 Å². The molecule has 1 spiro atoms. The summed E-state index contributed by atoms with van der Waals surface area (Å²) in [5.41, 5.74) is 2.92. The average molecular weight is 424 g/mol. The highest BCUT2D eigenvalue weighted by molar-refractivity contribution is 5.94. The van der Waals surface area contributed by atoms with E-state index in [1.807, 2.05) is 4.90 Å².